The van der Waals surface area contributed by atoms with E-state index in [0.29, 0.717) is 13.1 Å². The molecule has 2 aliphatic heterocycles. The molecule has 7 heteroatoms. The summed E-state index contributed by atoms with van der Waals surface area (Å²) in [5.41, 5.74) is -0.231. The molecule has 2 heterocycles. The van der Waals surface area contributed by atoms with Crippen molar-refractivity contribution in [3.8, 4) is 5.75 Å². The molecule has 27 heavy (non-hydrogen) atoms. The summed E-state index contributed by atoms with van der Waals surface area (Å²) in [4.78, 5) is 13.6. The van der Waals surface area contributed by atoms with E-state index in [0.717, 1.165) is 11.2 Å². The zero-order valence-corrected chi connectivity index (χ0v) is 17.4. The van der Waals surface area contributed by atoms with Crippen molar-refractivity contribution in [3.05, 3.63) is 24.3 Å². The SMILES string of the molecule is CC(C)(C)OC(=O)N1CC(Oc2ccc(B3OC(C)(C)C(C)(C)O3)cc2)C1. The minimum Gasteiger partial charge on any atom is -0.487 e. The Morgan fingerprint density at radius 3 is 2.07 bits per heavy atom. The molecule has 0 N–H and O–H groups in total. The Balaban J connectivity index is 1.51. The molecule has 1 aromatic carbocycles. The van der Waals surface area contributed by atoms with Gasteiger partial charge in [0.25, 0.3) is 0 Å². The average molecular weight is 375 g/mol. The highest BCUT2D eigenvalue weighted by Crippen LogP contribution is 2.36. The van der Waals surface area contributed by atoms with Crippen molar-refractivity contribution in [3.63, 3.8) is 0 Å². The number of rotatable bonds is 3. The Kier molecular flexibility index (Phi) is 4.97. The van der Waals surface area contributed by atoms with Crippen molar-refractivity contribution in [2.24, 2.45) is 0 Å². The molecular formula is C20H30BNO5. The number of carbonyl (C=O) groups excluding carboxylic acids is 1. The third kappa shape index (κ3) is 4.41. The van der Waals surface area contributed by atoms with Crippen LogP contribution in [0, 0.1) is 0 Å². The summed E-state index contributed by atoms with van der Waals surface area (Å²) < 4.78 is 23.4. The van der Waals surface area contributed by atoms with Crippen molar-refractivity contribution >= 4 is 18.7 Å². The molecule has 0 unspecified atom stereocenters. The maximum absolute atomic E-state index is 12.0. The molecule has 3 rings (SSSR count). The summed E-state index contributed by atoms with van der Waals surface area (Å²) in [5.74, 6) is 0.768. The molecule has 2 fully saturated rings. The molecule has 0 bridgehead atoms. The number of hydrogen-bond acceptors (Lipinski definition) is 5. The van der Waals surface area contributed by atoms with Gasteiger partial charge in [-0.3, -0.25) is 0 Å². The molecule has 2 aliphatic rings. The fraction of sp³-hybridized carbons (Fsp3) is 0.650. The number of amides is 1. The smallest absolute Gasteiger partial charge is 0.487 e. The van der Waals surface area contributed by atoms with Gasteiger partial charge in [0.15, 0.2) is 0 Å². The number of carbonyl (C=O) groups is 1. The average Bonchev–Trinajstić information content (AvgIpc) is 2.69. The van der Waals surface area contributed by atoms with Crippen LogP contribution in [0.1, 0.15) is 48.5 Å². The van der Waals surface area contributed by atoms with Crippen LogP contribution in [0.5, 0.6) is 5.75 Å². The predicted molar refractivity (Wildman–Crippen MR) is 104 cm³/mol. The Hall–Kier alpha value is -1.73. The lowest BCUT2D eigenvalue weighted by molar-refractivity contribution is -0.0221. The van der Waals surface area contributed by atoms with Crippen LogP contribution in [-0.2, 0) is 14.0 Å². The zero-order chi connectivity index (χ0) is 20.0. The molecule has 0 aromatic heterocycles. The topological polar surface area (TPSA) is 57.2 Å². The van der Waals surface area contributed by atoms with Crippen LogP contribution in [0.4, 0.5) is 4.79 Å². The molecule has 0 aliphatic carbocycles. The number of hydrogen-bond donors (Lipinski definition) is 0. The lowest BCUT2D eigenvalue weighted by atomic mass is 9.79. The van der Waals surface area contributed by atoms with E-state index in [-0.39, 0.29) is 30.5 Å². The van der Waals surface area contributed by atoms with Crippen LogP contribution in [0.2, 0.25) is 0 Å². The second kappa shape index (κ2) is 6.71. The van der Waals surface area contributed by atoms with Gasteiger partial charge in [-0.15, -0.1) is 0 Å². The molecule has 0 radical (unpaired) electrons. The maximum atomic E-state index is 12.0. The van der Waals surface area contributed by atoms with Crippen LogP contribution in [0.15, 0.2) is 24.3 Å². The second-order valence-electron chi connectivity index (χ2n) is 9.28. The van der Waals surface area contributed by atoms with Gasteiger partial charge < -0.3 is 23.7 Å². The monoisotopic (exact) mass is 375 g/mol. The van der Waals surface area contributed by atoms with Crippen LogP contribution in [0.3, 0.4) is 0 Å². The van der Waals surface area contributed by atoms with E-state index in [1.165, 1.54) is 0 Å². The zero-order valence-electron chi connectivity index (χ0n) is 17.4. The van der Waals surface area contributed by atoms with Crippen molar-refractivity contribution in [2.45, 2.75) is 71.4 Å². The number of ether oxygens (including phenoxy) is 2. The molecule has 2 saturated heterocycles. The van der Waals surface area contributed by atoms with Crippen LogP contribution in [-0.4, -0.2) is 54.1 Å². The minimum absolute atomic E-state index is 0.0137. The minimum atomic E-state index is -0.480. The Labute approximate surface area is 162 Å². The molecule has 6 nitrogen and oxygen atoms in total. The quantitative estimate of drug-likeness (QED) is 0.761. The number of nitrogens with zero attached hydrogens (tertiary/aromatic N) is 1. The van der Waals surface area contributed by atoms with Gasteiger partial charge in [-0.2, -0.15) is 0 Å². The molecule has 0 saturated carbocycles. The van der Waals surface area contributed by atoms with E-state index >= 15 is 0 Å². The van der Waals surface area contributed by atoms with Crippen molar-refractivity contribution in [1.82, 2.24) is 4.90 Å². The van der Waals surface area contributed by atoms with E-state index in [1.54, 1.807) is 4.90 Å². The fourth-order valence-electron chi connectivity index (χ4n) is 2.86. The first-order chi connectivity index (χ1) is 12.4. The fourth-order valence-corrected chi connectivity index (χ4v) is 2.86. The van der Waals surface area contributed by atoms with E-state index in [4.69, 9.17) is 18.8 Å². The normalized spacial score (nSPS) is 21.7. The summed E-state index contributed by atoms with van der Waals surface area (Å²) in [7, 11) is -0.379. The first-order valence-corrected chi connectivity index (χ1v) is 9.46. The van der Waals surface area contributed by atoms with Crippen molar-refractivity contribution < 1.29 is 23.6 Å². The first kappa shape index (κ1) is 20.0. The van der Waals surface area contributed by atoms with E-state index in [9.17, 15) is 4.79 Å². The van der Waals surface area contributed by atoms with Gasteiger partial charge in [0.1, 0.15) is 17.5 Å². The molecule has 0 spiro atoms. The molecule has 148 valence electrons. The van der Waals surface area contributed by atoms with Crippen LogP contribution < -0.4 is 10.2 Å². The molecule has 1 amide bonds. The summed E-state index contributed by atoms with van der Waals surface area (Å²) >= 11 is 0. The van der Waals surface area contributed by atoms with Gasteiger partial charge in [0.2, 0.25) is 0 Å². The standard InChI is InChI=1S/C20H30BNO5/c1-18(2,3)25-17(23)22-12-16(13-22)24-15-10-8-14(9-11-15)21-26-19(4,5)20(6,7)27-21/h8-11,16H,12-13H2,1-7H3. The third-order valence-electron chi connectivity index (χ3n) is 5.21. The Morgan fingerprint density at radius 2 is 1.59 bits per heavy atom. The largest absolute Gasteiger partial charge is 0.494 e. The van der Waals surface area contributed by atoms with E-state index < -0.39 is 5.60 Å². The van der Waals surface area contributed by atoms with E-state index in [2.05, 4.69) is 0 Å². The Morgan fingerprint density at radius 1 is 1.07 bits per heavy atom. The number of likely N-dealkylation sites (tertiary alicyclic amines) is 1. The van der Waals surface area contributed by atoms with Crippen molar-refractivity contribution in [2.75, 3.05) is 13.1 Å². The molecule has 0 atom stereocenters. The van der Waals surface area contributed by atoms with Crippen molar-refractivity contribution in [1.29, 1.82) is 0 Å². The molecular weight excluding hydrogens is 345 g/mol. The van der Waals surface area contributed by atoms with E-state index in [1.807, 2.05) is 72.7 Å². The van der Waals surface area contributed by atoms with Gasteiger partial charge in [-0.1, -0.05) is 12.1 Å². The van der Waals surface area contributed by atoms with Gasteiger partial charge in [0, 0.05) is 0 Å². The van der Waals surface area contributed by atoms with Gasteiger partial charge in [-0.25, -0.2) is 4.79 Å². The lowest BCUT2D eigenvalue weighted by Crippen LogP contribution is -2.57. The molecule has 1 aromatic rings. The Bertz CT molecular complexity index is 673. The predicted octanol–water partition coefficient (Wildman–Crippen LogP) is 2.98. The van der Waals surface area contributed by atoms with Crippen LogP contribution in [0.25, 0.3) is 0 Å². The first-order valence-electron chi connectivity index (χ1n) is 9.46. The van der Waals surface area contributed by atoms with Gasteiger partial charge in [-0.05, 0) is 66.1 Å². The summed E-state index contributed by atoms with van der Waals surface area (Å²) in [6, 6.07) is 7.75. The highest BCUT2D eigenvalue weighted by Gasteiger charge is 2.51. The van der Waals surface area contributed by atoms with Crippen LogP contribution >= 0.6 is 0 Å². The van der Waals surface area contributed by atoms with Gasteiger partial charge in [0.05, 0.1) is 24.3 Å². The lowest BCUT2D eigenvalue weighted by Gasteiger charge is -2.39. The summed E-state index contributed by atoms with van der Waals surface area (Å²) in [6.45, 7) is 14.8. The highest BCUT2D eigenvalue weighted by molar-refractivity contribution is 6.62. The summed E-state index contributed by atoms with van der Waals surface area (Å²) in [5, 5.41) is 0. The maximum Gasteiger partial charge on any atom is 0.494 e. The highest BCUT2D eigenvalue weighted by atomic mass is 16.7. The second-order valence-corrected chi connectivity index (χ2v) is 9.28. The number of benzene rings is 1. The third-order valence-corrected chi connectivity index (χ3v) is 5.21. The summed E-state index contributed by atoms with van der Waals surface area (Å²) in [6.07, 6.45) is -0.307. The van der Waals surface area contributed by atoms with Gasteiger partial charge >= 0.3 is 13.2 Å².